The Kier molecular flexibility index (Phi) is 9.62. The summed E-state index contributed by atoms with van der Waals surface area (Å²) in [6, 6.07) is 20.1. The van der Waals surface area contributed by atoms with Crippen molar-refractivity contribution in [3.05, 3.63) is 77.2 Å². The Morgan fingerprint density at radius 2 is 1.83 bits per heavy atom. The predicted molar refractivity (Wildman–Crippen MR) is 161 cm³/mol. The first-order chi connectivity index (χ1) is 20.3. The highest BCUT2D eigenvalue weighted by molar-refractivity contribution is 7.92. The van der Waals surface area contributed by atoms with Crippen LogP contribution in [-0.2, 0) is 29.0 Å². The molecular weight excluding hydrogens is 576 g/mol. The van der Waals surface area contributed by atoms with Gasteiger partial charge in [-0.2, -0.15) is 0 Å². The van der Waals surface area contributed by atoms with Crippen molar-refractivity contribution in [2.24, 2.45) is 0 Å². The SMILES string of the molecule is CCOc1ccc(-c2ccc(C3(CC(=O)NOC4CCCCO4)CCN(C(=O)c4ccccc4)CCS3(=O)=O)s2)cc1. The number of benzene rings is 2. The number of thiophene rings is 1. The number of ether oxygens (including phenoxy) is 2. The van der Waals surface area contributed by atoms with E-state index in [1.54, 1.807) is 35.2 Å². The van der Waals surface area contributed by atoms with E-state index >= 15 is 0 Å². The van der Waals surface area contributed by atoms with Crippen LogP contribution in [0.15, 0.2) is 66.7 Å². The third kappa shape index (κ3) is 6.70. The smallest absolute Gasteiger partial charge is 0.253 e. The lowest BCUT2D eigenvalue weighted by molar-refractivity contribution is -0.200. The number of sulfone groups is 1. The van der Waals surface area contributed by atoms with E-state index in [1.165, 1.54) is 11.3 Å². The van der Waals surface area contributed by atoms with Crippen LogP contribution in [-0.4, -0.2) is 63.5 Å². The summed E-state index contributed by atoms with van der Waals surface area (Å²) in [5.74, 6) is -0.291. The summed E-state index contributed by atoms with van der Waals surface area (Å²) in [6.07, 6.45) is 1.69. The Morgan fingerprint density at radius 3 is 2.55 bits per heavy atom. The number of hydroxylamine groups is 1. The van der Waals surface area contributed by atoms with Crippen molar-refractivity contribution >= 4 is 33.0 Å². The number of carbonyl (C=O) groups excluding carboxylic acids is 2. The first-order valence-electron chi connectivity index (χ1n) is 14.3. The maximum atomic E-state index is 14.1. The molecule has 5 rings (SSSR count). The molecule has 2 saturated heterocycles. The molecule has 2 aliphatic rings. The Labute approximate surface area is 250 Å². The molecule has 1 N–H and O–H groups in total. The van der Waals surface area contributed by atoms with E-state index in [0.29, 0.717) is 30.1 Å². The van der Waals surface area contributed by atoms with Crippen molar-refractivity contribution in [2.45, 2.75) is 50.1 Å². The van der Waals surface area contributed by atoms with Crippen LogP contribution in [0.2, 0.25) is 0 Å². The molecule has 3 aromatic rings. The number of carbonyl (C=O) groups is 2. The van der Waals surface area contributed by atoms with Gasteiger partial charge in [-0.15, -0.1) is 11.3 Å². The number of nitrogens with zero attached hydrogens (tertiary/aromatic N) is 1. The molecule has 2 aromatic carbocycles. The van der Waals surface area contributed by atoms with Crippen LogP contribution in [0.4, 0.5) is 0 Å². The van der Waals surface area contributed by atoms with Gasteiger partial charge in [-0.1, -0.05) is 18.2 Å². The second-order valence-corrected chi connectivity index (χ2v) is 14.0. The summed E-state index contributed by atoms with van der Waals surface area (Å²) in [7, 11) is -3.90. The first-order valence-corrected chi connectivity index (χ1v) is 16.7. The topological polar surface area (TPSA) is 111 Å². The van der Waals surface area contributed by atoms with Crippen LogP contribution in [0.25, 0.3) is 10.4 Å². The Hall–Kier alpha value is -3.25. The van der Waals surface area contributed by atoms with E-state index < -0.39 is 26.8 Å². The minimum atomic E-state index is -3.90. The lowest BCUT2D eigenvalue weighted by Gasteiger charge is -2.31. The maximum Gasteiger partial charge on any atom is 0.253 e. The van der Waals surface area contributed by atoms with Crippen LogP contribution < -0.4 is 10.2 Å². The molecule has 2 unspecified atom stereocenters. The summed E-state index contributed by atoms with van der Waals surface area (Å²) < 4.78 is 37.8. The summed E-state index contributed by atoms with van der Waals surface area (Å²) in [5, 5.41) is 0. The highest BCUT2D eigenvalue weighted by Crippen LogP contribution is 2.45. The molecule has 2 amide bonds. The molecule has 2 atom stereocenters. The second kappa shape index (κ2) is 13.4. The molecule has 0 radical (unpaired) electrons. The van der Waals surface area contributed by atoms with Crippen molar-refractivity contribution in [3.8, 4) is 16.2 Å². The zero-order valence-corrected chi connectivity index (χ0v) is 25.3. The van der Waals surface area contributed by atoms with Gasteiger partial charge in [0.25, 0.3) is 5.91 Å². The molecule has 0 spiro atoms. The molecule has 0 aliphatic carbocycles. The Bertz CT molecular complexity index is 1470. The van der Waals surface area contributed by atoms with Crippen LogP contribution in [0.1, 0.15) is 54.3 Å². The summed E-state index contributed by atoms with van der Waals surface area (Å²) in [5.41, 5.74) is 3.86. The molecule has 1 aromatic heterocycles. The summed E-state index contributed by atoms with van der Waals surface area (Å²) in [4.78, 5) is 35.1. The van der Waals surface area contributed by atoms with E-state index in [1.807, 2.05) is 43.3 Å². The first kappa shape index (κ1) is 30.2. The number of nitrogens with one attached hydrogen (secondary N) is 1. The van der Waals surface area contributed by atoms with Crippen LogP contribution in [0.5, 0.6) is 5.75 Å². The van der Waals surface area contributed by atoms with E-state index in [-0.39, 0.29) is 37.6 Å². The zero-order valence-electron chi connectivity index (χ0n) is 23.6. The second-order valence-electron chi connectivity index (χ2n) is 10.5. The predicted octanol–water partition coefficient (Wildman–Crippen LogP) is 4.93. The van der Waals surface area contributed by atoms with Crippen molar-refractivity contribution in [1.29, 1.82) is 0 Å². The number of amides is 2. The van der Waals surface area contributed by atoms with Crippen molar-refractivity contribution in [1.82, 2.24) is 10.4 Å². The molecule has 2 fully saturated rings. The highest BCUT2D eigenvalue weighted by atomic mass is 32.2. The van der Waals surface area contributed by atoms with Gasteiger partial charge in [-0.05, 0) is 80.3 Å². The largest absolute Gasteiger partial charge is 0.494 e. The monoisotopic (exact) mass is 612 g/mol. The van der Waals surface area contributed by atoms with Crippen LogP contribution in [0.3, 0.4) is 0 Å². The molecule has 0 bridgehead atoms. The number of hydrogen-bond donors (Lipinski definition) is 1. The Morgan fingerprint density at radius 1 is 1.05 bits per heavy atom. The van der Waals surface area contributed by atoms with Gasteiger partial charge in [0, 0.05) is 41.4 Å². The van der Waals surface area contributed by atoms with Gasteiger partial charge in [0.15, 0.2) is 16.1 Å². The van der Waals surface area contributed by atoms with Gasteiger partial charge in [0.05, 0.1) is 18.8 Å². The lowest BCUT2D eigenvalue weighted by Crippen LogP contribution is -2.43. The molecular formula is C31H36N2O7S2. The average Bonchev–Trinajstić information content (AvgIpc) is 3.46. The minimum Gasteiger partial charge on any atom is -0.494 e. The van der Waals surface area contributed by atoms with Gasteiger partial charge >= 0.3 is 0 Å². The standard InChI is InChI=1S/C31H36N2O7S2/c1-2-38-25-13-11-23(12-14-25)26-15-16-27(41-26)31(22-28(34)32-40-29-10-6-7-20-39-29)17-18-33(19-21-42(31,36)37)30(35)24-8-4-3-5-9-24/h3-5,8-9,11-16,29H,2,6-7,10,17-22H2,1H3,(H,32,34). The van der Waals surface area contributed by atoms with E-state index in [0.717, 1.165) is 29.0 Å². The van der Waals surface area contributed by atoms with E-state index in [2.05, 4.69) is 5.48 Å². The zero-order chi connectivity index (χ0) is 29.6. The third-order valence-corrected chi connectivity index (χ3v) is 11.7. The average molecular weight is 613 g/mol. The van der Waals surface area contributed by atoms with Gasteiger partial charge < -0.3 is 14.4 Å². The van der Waals surface area contributed by atoms with Gasteiger partial charge in [0.1, 0.15) is 10.5 Å². The van der Waals surface area contributed by atoms with Crippen molar-refractivity contribution in [3.63, 3.8) is 0 Å². The van der Waals surface area contributed by atoms with Crippen molar-refractivity contribution < 1.29 is 32.3 Å². The molecule has 11 heteroatoms. The quantitative estimate of drug-likeness (QED) is 0.341. The van der Waals surface area contributed by atoms with Crippen LogP contribution >= 0.6 is 11.3 Å². The summed E-state index contributed by atoms with van der Waals surface area (Å²) >= 11 is 1.35. The fourth-order valence-electron chi connectivity index (χ4n) is 5.39. The molecule has 3 heterocycles. The maximum absolute atomic E-state index is 14.1. The van der Waals surface area contributed by atoms with Crippen molar-refractivity contribution in [2.75, 3.05) is 32.1 Å². The van der Waals surface area contributed by atoms with E-state index in [4.69, 9.17) is 14.3 Å². The number of rotatable bonds is 9. The van der Waals surface area contributed by atoms with Gasteiger partial charge in [-0.3, -0.25) is 9.59 Å². The van der Waals surface area contributed by atoms with E-state index in [9.17, 15) is 18.0 Å². The molecule has 2 aliphatic heterocycles. The fourth-order valence-corrected chi connectivity index (χ4v) is 9.00. The lowest BCUT2D eigenvalue weighted by atomic mass is 9.97. The molecule has 224 valence electrons. The molecule has 9 nitrogen and oxygen atoms in total. The van der Waals surface area contributed by atoms with Gasteiger partial charge in [0.2, 0.25) is 5.91 Å². The molecule has 42 heavy (non-hydrogen) atoms. The fraction of sp³-hybridized carbons (Fsp3) is 0.419. The third-order valence-electron chi connectivity index (χ3n) is 7.71. The number of hydrogen-bond acceptors (Lipinski definition) is 8. The normalized spacial score (nSPS) is 22.2. The van der Waals surface area contributed by atoms with Crippen LogP contribution in [0, 0.1) is 0 Å². The Balaban J connectivity index is 1.44. The molecule has 0 saturated carbocycles. The summed E-state index contributed by atoms with van der Waals surface area (Å²) in [6.45, 7) is 3.26. The van der Waals surface area contributed by atoms with Gasteiger partial charge in [-0.25, -0.2) is 18.7 Å². The highest BCUT2D eigenvalue weighted by Gasteiger charge is 2.50. The minimum absolute atomic E-state index is 0.0446.